The van der Waals surface area contributed by atoms with Crippen LogP contribution in [0.3, 0.4) is 0 Å². The third kappa shape index (κ3) is 4.04. The van der Waals surface area contributed by atoms with Gasteiger partial charge >= 0.3 is 5.97 Å². The second-order valence-corrected chi connectivity index (χ2v) is 9.24. The van der Waals surface area contributed by atoms with E-state index in [1.165, 1.54) is 26.0 Å². The van der Waals surface area contributed by atoms with E-state index in [2.05, 4.69) is 15.9 Å². The van der Waals surface area contributed by atoms with E-state index >= 15 is 0 Å². The average molecular weight is 535 g/mol. The molecule has 0 fully saturated rings. The van der Waals surface area contributed by atoms with Crippen molar-refractivity contribution in [1.82, 2.24) is 9.80 Å². The minimum absolute atomic E-state index is 0.226. The molecule has 0 aliphatic carbocycles. The minimum atomic E-state index is -1.75. The second kappa shape index (κ2) is 9.46. The number of imide groups is 1. The SMILES string of the molecule is COC(=O)C(c1ccccc1)N(C)C(=O)C(C)(c1ccc(Br)cc1)N1C(=O)c2ccccc2C1=O. The van der Waals surface area contributed by atoms with Crippen LogP contribution in [-0.2, 0) is 19.9 Å². The highest BCUT2D eigenvalue weighted by molar-refractivity contribution is 9.10. The molecule has 0 N–H and O–H groups in total. The molecular weight excluding hydrogens is 512 g/mol. The Bertz CT molecular complexity index is 1270. The van der Waals surface area contributed by atoms with Gasteiger partial charge in [-0.25, -0.2) is 4.79 Å². The zero-order chi connectivity index (χ0) is 25.3. The molecule has 0 spiro atoms. The molecule has 2 atom stereocenters. The second-order valence-electron chi connectivity index (χ2n) is 8.32. The Labute approximate surface area is 211 Å². The molecule has 0 radical (unpaired) electrons. The van der Waals surface area contributed by atoms with Crippen LogP contribution < -0.4 is 0 Å². The number of halogens is 1. The number of fused-ring (bicyclic) bond motifs is 1. The Morgan fingerprint density at radius 1 is 0.886 bits per heavy atom. The Balaban J connectivity index is 1.87. The molecule has 3 amide bonds. The van der Waals surface area contributed by atoms with Crippen molar-refractivity contribution in [1.29, 1.82) is 0 Å². The summed E-state index contributed by atoms with van der Waals surface area (Å²) >= 11 is 3.39. The highest BCUT2D eigenvalue weighted by Crippen LogP contribution is 2.39. The minimum Gasteiger partial charge on any atom is -0.467 e. The number of carbonyl (C=O) groups is 4. The lowest BCUT2D eigenvalue weighted by atomic mass is 9.87. The topological polar surface area (TPSA) is 84.0 Å². The van der Waals surface area contributed by atoms with Gasteiger partial charge in [-0.1, -0.05) is 70.5 Å². The molecule has 0 saturated carbocycles. The van der Waals surface area contributed by atoms with Crippen molar-refractivity contribution in [2.24, 2.45) is 0 Å². The number of likely N-dealkylation sites (N-methyl/N-ethyl adjacent to an activating group) is 1. The van der Waals surface area contributed by atoms with Gasteiger partial charge in [0, 0.05) is 11.5 Å². The highest BCUT2D eigenvalue weighted by atomic mass is 79.9. The normalized spacial score (nSPS) is 15.3. The molecule has 1 aliphatic rings. The standard InChI is InChI=1S/C27H23BrN2O5/c1-27(18-13-15-19(28)16-14-18,30-23(31)20-11-7-8-12-21(20)24(30)32)26(34)29(2)22(25(33)35-3)17-9-5-4-6-10-17/h4-16,22H,1-3H3. The van der Waals surface area contributed by atoms with Gasteiger partial charge in [-0.2, -0.15) is 0 Å². The number of benzene rings is 3. The molecule has 3 aromatic carbocycles. The molecule has 8 heteroatoms. The van der Waals surface area contributed by atoms with Crippen molar-refractivity contribution in [3.63, 3.8) is 0 Å². The summed E-state index contributed by atoms with van der Waals surface area (Å²) < 4.78 is 5.77. The lowest BCUT2D eigenvalue weighted by Crippen LogP contribution is -2.58. The number of rotatable bonds is 6. The van der Waals surface area contributed by atoms with Crippen molar-refractivity contribution in [2.45, 2.75) is 18.5 Å². The summed E-state index contributed by atoms with van der Waals surface area (Å²) in [5.74, 6) is -2.42. The third-order valence-electron chi connectivity index (χ3n) is 6.31. The van der Waals surface area contributed by atoms with Gasteiger partial charge in [0.2, 0.25) is 0 Å². The largest absolute Gasteiger partial charge is 0.467 e. The number of esters is 1. The van der Waals surface area contributed by atoms with Gasteiger partial charge in [0.05, 0.1) is 18.2 Å². The molecule has 1 aliphatic heterocycles. The van der Waals surface area contributed by atoms with Crippen molar-refractivity contribution in [3.8, 4) is 0 Å². The van der Waals surface area contributed by atoms with Crippen LogP contribution in [-0.4, -0.2) is 47.6 Å². The van der Waals surface area contributed by atoms with E-state index in [-0.39, 0.29) is 11.1 Å². The van der Waals surface area contributed by atoms with Crippen LogP contribution in [0.5, 0.6) is 0 Å². The summed E-state index contributed by atoms with van der Waals surface area (Å²) in [5.41, 5.74) is -0.337. The van der Waals surface area contributed by atoms with E-state index in [9.17, 15) is 19.2 Å². The van der Waals surface area contributed by atoms with Gasteiger partial charge in [0.1, 0.15) is 0 Å². The molecule has 35 heavy (non-hydrogen) atoms. The van der Waals surface area contributed by atoms with Gasteiger partial charge in [-0.05, 0) is 42.3 Å². The number of hydrogen-bond donors (Lipinski definition) is 0. The van der Waals surface area contributed by atoms with Crippen molar-refractivity contribution in [3.05, 3.63) is 106 Å². The molecule has 0 aromatic heterocycles. The summed E-state index contributed by atoms with van der Waals surface area (Å²) in [6.07, 6.45) is 0. The molecule has 4 rings (SSSR count). The number of ether oxygens (including phenoxy) is 1. The van der Waals surface area contributed by atoms with Gasteiger partial charge in [-0.15, -0.1) is 0 Å². The first-order valence-electron chi connectivity index (χ1n) is 10.9. The van der Waals surface area contributed by atoms with Crippen molar-refractivity contribution >= 4 is 39.6 Å². The van der Waals surface area contributed by atoms with Crippen LogP contribution in [0.25, 0.3) is 0 Å². The van der Waals surface area contributed by atoms with Crippen molar-refractivity contribution < 1.29 is 23.9 Å². The fourth-order valence-electron chi connectivity index (χ4n) is 4.44. The highest BCUT2D eigenvalue weighted by Gasteiger charge is 2.54. The molecule has 1 heterocycles. The quantitative estimate of drug-likeness (QED) is 0.347. The van der Waals surface area contributed by atoms with Crippen molar-refractivity contribution in [2.75, 3.05) is 14.2 Å². The summed E-state index contributed by atoms with van der Waals surface area (Å²) in [5, 5.41) is 0. The monoisotopic (exact) mass is 534 g/mol. The number of amides is 3. The number of methoxy groups -OCH3 is 1. The lowest BCUT2D eigenvalue weighted by molar-refractivity contribution is -0.156. The average Bonchev–Trinajstić information content (AvgIpc) is 3.14. The van der Waals surface area contributed by atoms with E-state index in [1.54, 1.807) is 78.9 Å². The number of carbonyl (C=O) groups excluding carboxylic acids is 4. The van der Waals surface area contributed by atoms with E-state index in [1.807, 2.05) is 0 Å². The van der Waals surface area contributed by atoms with E-state index < -0.39 is 35.3 Å². The first-order chi connectivity index (χ1) is 16.7. The van der Waals surface area contributed by atoms with Crippen LogP contribution in [0.2, 0.25) is 0 Å². The van der Waals surface area contributed by atoms with E-state index in [0.29, 0.717) is 11.1 Å². The Kier molecular flexibility index (Phi) is 6.58. The lowest BCUT2D eigenvalue weighted by Gasteiger charge is -2.40. The predicted octanol–water partition coefficient (Wildman–Crippen LogP) is 4.33. The van der Waals surface area contributed by atoms with Crippen LogP contribution in [0.4, 0.5) is 0 Å². The zero-order valence-electron chi connectivity index (χ0n) is 19.4. The maximum Gasteiger partial charge on any atom is 0.333 e. The number of hydrogen-bond acceptors (Lipinski definition) is 5. The van der Waals surface area contributed by atoms with Gasteiger partial charge in [0.25, 0.3) is 17.7 Å². The first kappa shape index (κ1) is 24.3. The van der Waals surface area contributed by atoms with Gasteiger partial charge < -0.3 is 9.64 Å². The summed E-state index contributed by atoms with van der Waals surface area (Å²) in [6.45, 7) is 1.52. The van der Waals surface area contributed by atoms with Crippen LogP contribution in [0.1, 0.15) is 44.8 Å². The Hall–Kier alpha value is -3.78. The molecular formula is C27H23BrN2O5. The van der Waals surface area contributed by atoms with Crippen LogP contribution in [0.15, 0.2) is 83.3 Å². The fourth-order valence-corrected chi connectivity index (χ4v) is 4.71. The molecule has 178 valence electrons. The molecule has 2 unspecified atom stereocenters. The molecule has 7 nitrogen and oxygen atoms in total. The Morgan fingerprint density at radius 2 is 1.40 bits per heavy atom. The Morgan fingerprint density at radius 3 is 1.91 bits per heavy atom. The summed E-state index contributed by atoms with van der Waals surface area (Å²) in [7, 11) is 2.71. The summed E-state index contributed by atoms with van der Waals surface area (Å²) in [4.78, 5) is 56.3. The zero-order valence-corrected chi connectivity index (χ0v) is 21.0. The molecule has 3 aromatic rings. The van der Waals surface area contributed by atoms with E-state index in [4.69, 9.17) is 4.74 Å². The van der Waals surface area contributed by atoms with Gasteiger partial charge in [-0.3, -0.25) is 19.3 Å². The smallest absolute Gasteiger partial charge is 0.333 e. The van der Waals surface area contributed by atoms with Crippen LogP contribution >= 0.6 is 15.9 Å². The van der Waals surface area contributed by atoms with Gasteiger partial charge in [0.15, 0.2) is 11.6 Å². The predicted molar refractivity (Wildman–Crippen MR) is 132 cm³/mol. The molecule has 0 saturated heterocycles. The first-order valence-corrected chi connectivity index (χ1v) is 11.6. The maximum absolute atomic E-state index is 14.3. The fraction of sp³-hybridized carbons (Fsp3) is 0.185. The summed E-state index contributed by atoms with van der Waals surface area (Å²) in [6, 6.07) is 20.9. The van der Waals surface area contributed by atoms with E-state index in [0.717, 1.165) is 9.37 Å². The number of nitrogens with zero attached hydrogens (tertiary/aromatic N) is 2. The third-order valence-corrected chi connectivity index (χ3v) is 6.84. The molecule has 0 bridgehead atoms. The maximum atomic E-state index is 14.3. The van der Waals surface area contributed by atoms with Crippen LogP contribution in [0, 0.1) is 0 Å².